The third-order valence-electron chi connectivity index (χ3n) is 3.90. The minimum Gasteiger partial charge on any atom is -0.335 e. The van der Waals surface area contributed by atoms with Gasteiger partial charge in [0.15, 0.2) is 0 Å². The van der Waals surface area contributed by atoms with Crippen molar-refractivity contribution in [3.63, 3.8) is 0 Å². The van der Waals surface area contributed by atoms with Crippen molar-refractivity contribution in [1.82, 2.24) is 15.6 Å². The van der Waals surface area contributed by atoms with Gasteiger partial charge in [-0.25, -0.2) is 4.79 Å². The summed E-state index contributed by atoms with van der Waals surface area (Å²) < 4.78 is 37.8. The number of benzene rings is 1. The van der Waals surface area contributed by atoms with E-state index in [9.17, 15) is 18.0 Å². The molecule has 7 heteroatoms. The molecule has 2 N–H and O–H groups in total. The molecule has 0 unspecified atom stereocenters. The fourth-order valence-electron chi connectivity index (χ4n) is 2.56. The maximum atomic E-state index is 12.6. The molecule has 0 aliphatic heterocycles. The van der Waals surface area contributed by atoms with Crippen molar-refractivity contribution in [2.45, 2.75) is 31.1 Å². The number of alkyl halides is 3. The highest BCUT2D eigenvalue weighted by Gasteiger charge is 2.39. The molecular weight excluding hydrogens is 319 g/mol. The van der Waals surface area contributed by atoms with Gasteiger partial charge in [-0.2, -0.15) is 13.2 Å². The van der Waals surface area contributed by atoms with Crippen molar-refractivity contribution in [2.75, 3.05) is 0 Å². The monoisotopic (exact) mass is 335 g/mol. The van der Waals surface area contributed by atoms with E-state index in [1.165, 1.54) is 11.6 Å². The van der Waals surface area contributed by atoms with Crippen LogP contribution in [-0.2, 0) is 12.7 Å². The van der Waals surface area contributed by atoms with Crippen molar-refractivity contribution in [3.8, 4) is 0 Å². The molecule has 1 aliphatic rings. The van der Waals surface area contributed by atoms with E-state index in [2.05, 4.69) is 15.6 Å². The summed E-state index contributed by atoms with van der Waals surface area (Å²) in [4.78, 5) is 15.2. The maximum Gasteiger partial charge on any atom is 0.433 e. The normalized spacial score (nSPS) is 19.6. The topological polar surface area (TPSA) is 54.0 Å². The zero-order valence-electron chi connectivity index (χ0n) is 12.7. The second-order valence-corrected chi connectivity index (χ2v) is 5.73. The van der Waals surface area contributed by atoms with Gasteiger partial charge in [0.2, 0.25) is 0 Å². The second kappa shape index (κ2) is 6.51. The van der Waals surface area contributed by atoms with Crippen LogP contribution in [0.15, 0.2) is 48.7 Å². The maximum absolute atomic E-state index is 12.6. The fourth-order valence-corrected chi connectivity index (χ4v) is 2.56. The van der Waals surface area contributed by atoms with Crippen LogP contribution in [-0.4, -0.2) is 17.1 Å². The summed E-state index contributed by atoms with van der Waals surface area (Å²) >= 11 is 0. The number of urea groups is 1. The molecule has 2 atom stereocenters. The molecule has 1 heterocycles. The van der Waals surface area contributed by atoms with E-state index in [4.69, 9.17) is 0 Å². The van der Waals surface area contributed by atoms with Crippen LogP contribution in [0, 0.1) is 0 Å². The van der Waals surface area contributed by atoms with Crippen molar-refractivity contribution < 1.29 is 18.0 Å². The van der Waals surface area contributed by atoms with E-state index in [1.54, 1.807) is 0 Å². The Morgan fingerprint density at radius 1 is 1.21 bits per heavy atom. The lowest BCUT2D eigenvalue weighted by Crippen LogP contribution is -2.37. The van der Waals surface area contributed by atoms with Gasteiger partial charge in [-0.1, -0.05) is 30.3 Å². The van der Waals surface area contributed by atoms with Gasteiger partial charge in [-0.3, -0.25) is 4.98 Å². The van der Waals surface area contributed by atoms with Gasteiger partial charge in [0.25, 0.3) is 0 Å². The number of hydrogen-bond acceptors (Lipinski definition) is 2. The molecule has 0 saturated heterocycles. The molecule has 1 saturated carbocycles. The van der Waals surface area contributed by atoms with E-state index in [0.29, 0.717) is 11.5 Å². The van der Waals surface area contributed by atoms with Crippen LogP contribution in [0.2, 0.25) is 0 Å². The van der Waals surface area contributed by atoms with E-state index >= 15 is 0 Å². The summed E-state index contributed by atoms with van der Waals surface area (Å²) in [5, 5.41) is 5.41. The molecule has 1 aromatic carbocycles. The van der Waals surface area contributed by atoms with Gasteiger partial charge in [-0.15, -0.1) is 0 Å². The predicted octanol–water partition coefficient (Wildman–Crippen LogP) is 3.46. The number of halogens is 3. The van der Waals surface area contributed by atoms with Gasteiger partial charge in [0, 0.05) is 24.7 Å². The zero-order valence-corrected chi connectivity index (χ0v) is 12.7. The summed E-state index contributed by atoms with van der Waals surface area (Å²) in [6.07, 6.45) is -2.54. The molecule has 4 nitrogen and oxygen atoms in total. The van der Waals surface area contributed by atoms with Crippen molar-refractivity contribution in [3.05, 3.63) is 65.5 Å². The largest absolute Gasteiger partial charge is 0.433 e. The number of carbonyl (C=O) groups is 1. The van der Waals surface area contributed by atoms with Crippen LogP contribution in [0.3, 0.4) is 0 Å². The highest BCUT2D eigenvalue weighted by molar-refractivity contribution is 5.74. The molecule has 2 amide bonds. The quantitative estimate of drug-likeness (QED) is 0.899. The first-order valence-corrected chi connectivity index (χ1v) is 7.55. The van der Waals surface area contributed by atoms with E-state index < -0.39 is 11.9 Å². The number of pyridine rings is 1. The molecule has 2 aromatic rings. The molecule has 1 fully saturated rings. The van der Waals surface area contributed by atoms with Crippen LogP contribution in [0.25, 0.3) is 0 Å². The predicted molar refractivity (Wildman–Crippen MR) is 82.2 cm³/mol. The smallest absolute Gasteiger partial charge is 0.335 e. The van der Waals surface area contributed by atoms with Crippen LogP contribution >= 0.6 is 0 Å². The summed E-state index contributed by atoms with van der Waals surface area (Å²) in [6.45, 7) is 0.0140. The molecular formula is C17H16F3N3O. The van der Waals surface area contributed by atoms with Gasteiger partial charge >= 0.3 is 12.2 Å². The molecule has 3 rings (SSSR count). The molecule has 0 radical (unpaired) electrons. The number of amides is 2. The molecule has 24 heavy (non-hydrogen) atoms. The Hall–Kier alpha value is -2.57. The minimum absolute atomic E-state index is 0.0140. The lowest BCUT2D eigenvalue weighted by atomic mass is 10.1. The van der Waals surface area contributed by atoms with Crippen LogP contribution in [0.4, 0.5) is 18.0 Å². The molecule has 1 aromatic heterocycles. The van der Waals surface area contributed by atoms with Crippen LogP contribution in [0.5, 0.6) is 0 Å². The fraction of sp³-hybridized carbons (Fsp3) is 0.294. The van der Waals surface area contributed by atoms with Gasteiger partial charge in [-0.05, 0) is 29.7 Å². The Labute approximate surface area is 137 Å². The lowest BCUT2D eigenvalue weighted by molar-refractivity contribution is -0.141. The average molecular weight is 335 g/mol. The summed E-state index contributed by atoms with van der Waals surface area (Å²) in [5.74, 6) is 0.301. The van der Waals surface area contributed by atoms with Crippen LogP contribution in [0.1, 0.15) is 29.2 Å². The summed E-state index contributed by atoms with van der Waals surface area (Å²) in [5.41, 5.74) is 0.558. The molecule has 0 bridgehead atoms. The van der Waals surface area contributed by atoms with E-state index in [-0.39, 0.29) is 18.6 Å². The minimum atomic E-state index is -4.49. The third-order valence-corrected chi connectivity index (χ3v) is 3.90. The van der Waals surface area contributed by atoms with Crippen molar-refractivity contribution >= 4 is 6.03 Å². The first kappa shape index (κ1) is 16.3. The van der Waals surface area contributed by atoms with Gasteiger partial charge in [0.1, 0.15) is 5.69 Å². The van der Waals surface area contributed by atoms with Crippen molar-refractivity contribution in [2.24, 2.45) is 0 Å². The third kappa shape index (κ3) is 4.04. The Morgan fingerprint density at radius 3 is 2.67 bits per heavy atom. The number of aromatic nitrogens is 1. The Bertz CT molecular complexity index is 719. The first-order chi connectivity index (χ1) is 11.4. The van der Waals surface area contributed by atoms with Crippen LogP contribution < -0.4 is 10.6 Å². The van der Waals surface area contributed by atoms with Gasteiger partial charge < -0.3 is 10.6 Å². The summed E-state index contributed by atoms with van der Waals surface area (Å²) in [7, 11) is 0. The highest BCUT2D eigenvalue weighted by atomic mass is 19.4. The number of rotatable bonds is 4. The average Bonchev–Trinajstić information content (AvgIpc) is 3.32. The Morgan fingerprint density at radius 2 is 1.96 bits per heavy atom. The Kier molecular flexibility index (Phi) is 4.42. The number of nitrogens with one attached hydrogen (secondary N) is 2. The van der Waals surface area contributed by atoms with Crippen molar-refractivity contribution in [1.29, 1.82) is 0 Å². The Balaban J connectivity index is 1.49. The number of carbonyl (C=O) groups excluding carboxylic acids is 1. The SMILES string of the molecule is O=C(NCc1ccnc(C(F)(F)F)c1)N[C@@H]1C[C@H]1c1ccccc1. The highest BCUT2D eigenvalue weighted by Crippen LogP contribution is 2.40. The first-order valence-electron chi connectivity index (χ1n) is 7.55. The van der Waals surface area contributed by atoms with E-state index in [1.807, 2.05) is 30.3 Å². The standard InChI is InChI=1S/C17H16F3N3O/c18-17(19,20)15-8-11(6-7-21-15)10-22-16(24)23-14-9-13(14)12-4-2-1-3-5-12/h1-8,13-14H,9-10H2,(H2,22,23,24)/t13-,14+/m0/s1. The zero-order chi connectivity index (χ0) is 17.2. The number of hydrogen-bond donors (Lipinski definition) is 2. The second-order valence-electron chi connectivity index (χ2n) is 5.73. The summed E-state index contributed by atoms with van der Waals surface area (Å²) in [6, 6.07) is 11.9. The molecule has 0 spiro atoms. The van der Waals surface area contributed by atoms with Gasteiger partial charge in [0.05, 0.1) is 0 Å². The lowest BCUT2D eigenvalue weighted by Gasteiger charge is -2.10. The molecule has 126 valence electrons. The van der Waals surface area contributed by atoms with E-state index in [0.717, 1.165) is 18.7 Å². The molecule has 1 aliphatic carbocycles. The number of nitrogens with zero attached hydrogens (tertiary/aromatic N) is 1.